The van der Waals surface area contributed by atoms with Gasteiger partial charge < -0.3 is 15.4 Å². The number of amides is 2. The van der Waals surface area contributed by atoms with E-state index in [1.165, 1.54) is 0 Å². The predicted molar refractivity (Wildman–Crippen MR) is 72.5 cm³/mol. The minimum absolute atomic E-state index is 0.0924. The minimum Gasteiger partial charge on any atom is -0.445 e. The van der Waals surface area contributed by atoms with Gasteiger partial charge in [0.1, 0.15) is 13.2 Å². The van der Waals surface area contributed by atoms with E-state index in [0.717, 1.165) is 5.56 Å². The number of rotatable bonds is 4. The number of carbonyl (C=O) groups excluding carboxylic acids is 2. The third-order valence-electron chi connectivity index (χ3n) is 2.12. The second-order valence-electron chi connectivity index (χ2n) is 5.21. The Labute approximate surface area is 113 Å². The summed E-state index contributed by atoms with van der Waals surface area (Å²) < 4.78 is 4.98. The van der Waals surface area contributed by atoms with Gasteiger partial charge in [-0.15, -0.1) is 0 Å². The maximum Gasteiger partial charge on any atom is 0.407 e. The fourth-order valence-corrected chi connectivity index (χ4v) is 1.39. The van der Waals surface area contributed by atoms with Crippen LogP contribution in [0.5, 0.6) is 0 Å². The molecule has 0 bridgehead atoms. The molecule has 0 spiro atoms. The molecule has 0 heterocycles. The summed E-state index contributed by atoms with van der Waals surface area (Å²) in [6, 6.07) is 9.35. The Hall–Kier alpha value is -2.04. The Balaban J connectivity index is 2.23. The van der Waals surface area contributed by atoms with Crippen molar-refractivity contribution >= 4 is 12.0 Å². The Kier molecular flexibility index (Phi) is 5.36. The highest BCUT2D eigenvalue weighted by molar-refractivity contribution is 5.82. The van der Waals surface area contributed by atoms with Crippen molar-refractivity contribution in [2.24, 2.45) is 0 Å². The van der Waals surface area contributed by atoms with Crippen molar-refractivity contribution in [2.45, 2.75) is 32.9 Å². The summed E-state index contributed by atoms with van der Waals surface area (Å²) in [4.78, 5) is 22.8. The number of carbonyl (C=O) groups is 2. The average Bonchev–Trinajstić information content (AvgIpc) is 2.33. The third-order valence-corrected chi connectivity index (χ3v) is 2.12. The SMILES string of the molecule is CC(C)(C)NC(=O)CNC(=O)OCc1ccccc1. The number of alkyl carbamates (subject to hydrolysis) is 1. The highest BCUT2D eigenvalue weighted by Gasteiger charge is 2.14. The topological polar surface area (TPSA) is 67.4 Å². The maximum atomic E-state index is 11.5. The zero-order valence-corrected chi connectivity index (χ0v) is 11.5. The monoisotopic (exact) mass is 264 g/mol. The molecular formula is C14H20N2O3. The van der Waals surface area contributed by atoms with Gasteiger partial charge in [0, 0.05) is 5.54 Å². The van der Waals surface area contributed by atoms with Gasteiger partial charge in [-0.25, -0.2) is 4.79 Å². The van der Waals surface area contributed by atoms with Crippen molar-refractivity contribution in [3.63, 3.8) is 0 Å². The van der Waals surface area contributed by atoms with E-state index in [9.17, 15) is 9.59 Å². The molecule has 0 fully saturated rings. The van der Waals surface area contributed by atoms with Gasteiger partial charge >= 0.3 is 6.09 Å². The van der Waals surface area contributed by atoms with E-state index < -0.39 is 6.09 Å². The Morgan fingerprint density at radius 2 is 1.79 bits per heavy atom. The van der Waals surface area contributed by atoms with Crippen LogP contribution in [0, 0.1) is 0 Å². The molecule has 5 heteroatoms. The number of nitrogens with one attached hydrogen (secondary N) is 2. The fourth-order valence-electron chi connectivity index (χ4n) is 1.39. The van der Waals surface area contributed by atoms with E-state index in [4.69, 9.17) is 4.74 Å². The van der Waals surface area contributed by atoms with Crippen molar-refractivity contribution in [2.75, 3.05) is 6.54 Å². The van der Waals surface area contributed by atoms with Gasteiger partial charge in [0.15, 0.2) is 0 Å². The van der Waals surface area contributed by atoms with Crippen LogP contribution in [0.3, 0.4) is 0 Å². The van der Waals surface area contributed by atoms with Gasteiger partial charge in [-0.1, -0.05) is 30.3 Å². The molecule has 0 atom stereocenters. The van der Waals surface area contributed by atoms with Gasteiger partial charge in [-0.05, 0) is 26.3 Å². The van der Waals surface area contributed by atoms with Crippen molar-refractivity contribution < 1.29 is 14.3 Å². The average molecular weight is 264 g/mol. The highest BCUT2D eigenvalue weighted by Crippen LogP contribution is 2.00. The molecule has 0 aliphatic rings. The lowest BCUT2D eigenvalue weighted by Gasteiger charge is -2.20. The summed E-state index contributed by atoms with van der Waals surface area (Å²) in [7, 11) is 0. The molecule has 1 aromatic carbocycles. The van der Waals surface area contributed by atoms with Gasteiger partial charge in [0.05, 0.1) is 0 Å². The molecule has 19 heavy (non-hydrogen) atoms. The van der Waals surface area contributed by atoms with E-state index in [1.54, 1.807) is 0 Å². The summed E-state index contributed by atoms with van der Waals surface area (Å²) in [5.41, 5.74) is 0.587. The molecule has 2 amide bonds. The first-order valence-electron chi connectivity index (χ1n) is 6.12. The molecule has 1 aromatic rings. The second-order valence-corrected chi connectivity index (χ2v) is 5.21. The zero-order valence-electron chi connectivity index (χ0n) is 11.5. The lowest BCUT2D eigenvalue weighted by molar-refractivity contribution is -0.121. The number of hydrogen-bond acceptors (Lipinski definition) is 3. The quantitative estimate of drug-likeness (QED) is 0.871. The molecule has 0 aromatic heterocycles. The van der Waals surface area contributed by atoms with E-state index in [1.807, 2.05) is 51.1 Å². The van der Waals surface area contributed by atoms with Crippen LogP contribution in [0.2, 0.25) is 0 Å². The Morgan fingerprint density at radius 1 is 1.16 bits per heavy atom. The van der Waals surface area contributed by atoms with Crippen LogP contribution in [0.15, 0.2) is 30.3 Å². The largest absolute Gasteiger partial charge is 0.445 e. The number of hydrogen-bond donors (Lipinski definition) is 2. The molecule has 0 radical (unpaired) electrons. The van der Waals surface area contributed by atoms with Crippen LogP contribution < -0.4 is 10.6 Å². The fraction of sp³-hybridized carbons (Fsp3) is 0.429. The second kappa shape index (κ2) is 6.78. The molecule has 0 aliphatic heterocycles. The summed E-state index contributed by atoms with van der Waals surface area (Å²) in [6.45, 7) is 5.72. The van der Waals surface area contributed by atoms with Crippen molar-refractivity contribution in [3.05, 3.63) is 35.9 Å². The van der Waals surface area contributed by atoms with Gasteiger partial charge in [0.25, 0.3) is 0 Å². The molecule has 0 aliphatic carbocycles. The predicted octanol–water partition coefficient (Wildman–Crippen LogP) is 1.83. The summed E-state index contributed by atoms with van der Waals surface area (Å²) >= 11 is 0. The summed E-state index contributed by atoms with van der Waals surface area (Å²) in [5.74, 6) is -0.246. The normalized spacial score (nSPS) is 10.7. The lowest BCUT2D eigenvalue weighted by atomic mass is 10.1. The van der Waals surface area contributed by atoms with Gasteiger partial charge in [-0.3, -0.25) is 4.79 Å². The first-order valence-corrected chi connectivity index (χ1v) is 6.12. The van der Waals surface area contributed by atoms with Gasteiger partial charge in [0.2, 0.25) is 5.91 Å². The van der Waals surface area contributed by atoms with Crippen LogP contribution in [0.25, 0.3) is 0 Å². The van der Waals surface area contributed by atoms with Crippen molar-refractivity contribution in [3.8, 4) is 0 Å². The Bertz CT molecular complexity index is 424. The van der Waals surface area contributed by atoms with E-state index in [2.05, 4.69) is 10.6 Å². The standard InChI is InChI=1S/C14H20N2O3/c1-14(2,3)16-12(17)9-15-13(18)19-10-11-7-5-4-6-8-11/h4-8H,9-10H2,1-3H3,(H,15,18)(H,16,17). The molecule has 0 saturated carbocycles. The number of benzene rings is 1. The van der Waals surface area contributed by atoms with Crippen molar-refractivity contribution in [1.29, 1.82) is 0 Å². The van der Waals surface area contributed by atoms with Crippen molar-refractivity contribution in [1.82, 2.24) is 10.6 Å². The van der Waals surface area contributed by atoms with E-state index in [0.29, 0.717) is 0 Å². The molecule has 2 N–H and O–H groups in total. The minimum atomic E-state index is -0.604. The van der Waals surface area contributed by atoms with E-state index >= 15 is 0 Å². The molecule has 0 unspecified atom stereocenters. The molecule has 104 valence electrons. The van der Waals surface area contributed by atoms with Crippen LogP contribution in [0.4, 0.5) is 4.79 Å². The maximum absolute atomic E-state index is 11.5. The van der Waals surface area contributed by atoms with Crippen LogP contribution in [-0.2, 0) is 16.1 Å². The first-order chi connectivity index (χ1) is 8.87. The summed E-state index contributed by atoms with van der Waals surface area (Å²) in [5, 5.41) is 5.14. The van der Waals surface area contributed by atoms with Crippen LogP contribution >= 0.6 is 0 Å². The molecule has 1 rings (SSSR count). The Morgan fingerprint density at radius 3 is 2.37 bits per heavy atom. The van der Waals surface area contributed by atoms with Crippen LogP contribution in [0.1, 0.15) is 26.3 Å². The summed E-state index contributed by atoms with van der Waals surface area (Å²) in [6.07, 6.45) is -0.604. The first kappa shape index (κ1) is 15.0. The van der Waals surface area contributed by atoms with Gasteiger partial charge in [-0.2, -0.15) is 0 Å². The molecule has 5 nitrogen and oxygen atoms in total. The van der Waals surface area contributed by atoms with Crippen LogP contribution in [-0.4, -0.2) is 24.1 Å². The highest BCUT2D eigenvalue weighted by atomic mass is 16.5. The van der Waals surface area contributed by atoms with E-state index in [-0.39, 0.29) is 24.6 Å². The molecule has 0 saturated heterocycles. The smallest absolute Gasteiger partial charge is 0.407 e. The molecular weight excluding hydrogens is 244 g/mol. The third kappa shape index (κ3) is 7.08. The number of ether oxygens (including phenoxy) is 1. The zero-order chi connectivity index (χ0) is 14.3. The lowest BCUT2D eigenvalue weighted by Crippen LogP contribution is -2.45.